The zero-order chi connectivity index (χ0) is 43.3. The van der Waals surface area contributed by atoms with Crippen LogP contribution in [-0.2, 0) is 21.1 Å². The molecule has 0 bridgehead atoms. The average molecular weight is 835 g/mol. The van der Waals surface area contributed by atoms with Gasteiger partial charge in [0.05, 0.1) is 80.2 Å². The van der Waals surface area contributed by atoms with Crippen LogP contribution in [0.4, 0.5) is 23.7 Å². The maximum atomic E-state index is 14.1. The molecule has 1 saturated carbocycles. The van der Waals surface area contributed by atoms with Gasteiger partial charge < -0.3 is 19.3 Å². The van der Waals surface area contributed by atoms with Crippen LogP contribution in [0.15, 0.2) is 101 Å². The van der Waals surface area contributed by atoms with E-state index in [1.54, 1.807) is 55.3 Å². The van der Waals surface area contributed by atoms with Crippen molar-refractivity contribution < 1.29 is 40.2 Å². The highest BCUT2D eigenvalue weighted by molar-refractivity contribution is 7.85. The number of aromatic nitrogens is 4. The predicted octanol–water partition coefficient (Wildman–Crippen LogP) is 6.24. The van der Waals surface area contributed by atoms with Crippen LogP contribution in [0.5, 0.6) is 0 Å². The van der Waals surface area contributed by atoms with E-state index in [0.717, 1.165) is 32.3 Å². The Morgan fingerprint density at radius 3 is 2.17 bits per heavy atom. The van der Waals surface area contributed by atoms with Crippen molar-refractivity contribution in [3.8, 4) is 22.8 Å². The van der Waals surface area contributed by atoms with Crippen molar-refractivity contribution in [3.05, 3.63) is 124 Å². The summed E-state index contributed by atoms with van der Waals surface area (Å²) in [4.78, 5) is 46.2. The number of hydrogen-bond donors (Lipinski definition) is 1. The molecule has 0 saturated heterocycles. The molecule has 2 amide bonds. The van der Waals surface area contributed by atoms with E-state index in [2.05, 4.69) is 36.4 Å². The normalized spacial score (nSPS) is 15.7. The maximum absolute atomic E-state index is 14.1. The predicted molar refractivity (Wildman–Crippen MR) is 213 cm³/mol. The van der Waals surface area contributed by atoms with Crippen molar-refractivity contribution in [2.75, 3.05) is 41.3 Å². The van der Waals surface area contributed by atoms with Crippen molar-refractivity contribution in [1.82, 2.24) is 29.1 Å². The highest BCUT2D eigenvalue weighted by atomic mass is 32.2. The topological polar surface area (TPSA) is 156 Å². The number of nitrogens with one attached hydrogen (secondary N) is 1. The second-order valence-electron chi connectivity index (χ2n) is 15.2. The van der Waals surface area contributed by atoms with Gasteiger partial charge in [-0.15, -0.1) is 0 Å². The number of alkyl halides is 3. The van der Waals surface area contributed by atoms with Gasteiger partial charge in [-0.05, 0) is 81.1 Å². The molecular formula is C41H45F3N8O6S. The van der Waals surface area contributed by atoms with Crippen LogP contribution in [-0.4, -0.2) is 101 Å². The summed E-state index contributed by atoms with van der Waals surface area (Å²) in [6, 6.07) is 18.7. The molecule has 2 heterocycles. The van der Waals surface area contributed by atoms with Gasteiger partial charge in [0.15, 0.2) is 5.69 Å². The molecule has 1 aliphatic carbocycles. The zero-order valence-electron chi connectivity index (χ0n) is 33.2. The molecule has 0 atom stereocenters. The molecule has 0 spiro atoms. The molecule has 18 heteroatoms. The lowest BCUT2D eigenvalue weighted by molar-refractivity contribution is -0.869. The fraction of sp³-hybridized carbons (Fsp3) is 0.341. The minimum absolute atomic E-state index is 0.0500. The highest BCUT2D eigenvalue weighted by Gasteiger charge is 2.34. The summed E-state index contributed by atoms with van der Waals surface area (Å²) in [7, 11) is 3.76. The quantitative estimate of drug-likeness (QED) is 0.105. The molecule has 6 rings (SSSR count). The van der Waals surface area contributed by atoms with Crippen LogP contribution in [0.3, 0.4) is 0 Å². The first-order chi connectivity index (χ1) is 27.7. The Morgan fingerprint density at radius 2 is 1.61 bits per heavy atom. The number of benzene rings is 3. The molecule has 14 nitrogen and oxygen atoms in total. The number of amides is 2. The smallest absolute Gasteiger partial charge is 0.416 e. The van der Waals surface area contributed by atoms with E-state index in [1.165, 1.54) is 47.3 Å². The third kappa shape index (κ3) is 10.7. The number of imidazole rings is 1. The zero-order valence-corrected chi connectivity index (χ0v) is 34.0. The second kappa shape index (κ2) is 17.9. The lowest BCUT2D eigenvalue weighted by Gasteiger charge is -2.32. The Hall–Kier alpha value is -6.03. The summed E-state index contributed by atoms with van der Waals surface area (Å²) >= 11 is 0. The maximum Gasteiger partial charge on any atom is 0.416 e. The van der Waals surface area contributed by atoms with Gasteiger partial charge in [0.1, 0.15) is 15.8 Å². The summed E-state index contributed by atoms with van der Waals surface area (Å²) in [6.07, 6.45) is -0.979. The molecule has 0 aliphatic heterocycles. The van der Waals surface area contributed by atoms with Crippen molar-refractivity contribution in [1.29, 1.82) is 0 Å². The summed E-state index contributed by atoms with van der Waals surface area (Å²) in [5, 5.41) is 7.35. The summed E-state index contributed by atoms with van der Waals surface area (Å²) < 4.78 is 76.1. The van der Waals surface area contributed by atoms with E-state index < -0.39 is 33.6 Å². The Balaban J connectivity index is 0.000000578. The number of likely N-dealkylation sites (N-methyl/N-ethyl adjacent to an activating group) is 2. The van der Waals surface area contributed by atoms with Crippen LogP contribution in [0.2, 0.25) is 0 Å². The molecule has 1 fully saturated rings. The molecule has 312 valence electrons. The highest BCUT2D eigenvalue weighted by Crippen LogP contribution is 2.33. The standard InChI is InChI=1S/C35H39F3N8O3.C6H6O3S/c1-23-31(30-18-19-40-45(30)28-16-14-26(39-2)15-17-28)44(34(49)43(23)29-9-7-8-25(22-29)35(36,37)38)33(48)41-27-12-10-24(11-13-27)32(47)42(3)20-21-46(4,5)6;7-10(8,9)6-4-2-1-3-5-6/h7-9,14-19,22,24,27H,10-13,20-21H2,1,3-6H3;1-5H,(H,7,8,9). The number of quaternary nitrogens is 1. The first kappa shape index (κ1) is 44.1. The van der Waals surface area contributed by atoms with Crippen molar-refractivity contribution >= 4 is 27.7 Å². The van der Waals surface area contributed by atoms with Gasteiger partial charge >= 0.3 is 17.9 Å². The van der Waals surface area contributed by atoms with Gasteiger partial charge in [0.2, 0.25) is 5.91 Å². The summed E-state index contributed by atoms with van der Waals surface area (Å²) in [5.41, 5.74) is -0.152. The molecular weight excluding hydrogens is 790 g/mol. The molecule has 59 heavy (non-hydrogen) atoms. The van der Waals surface area contributed by atoms with Gasteiger partial charge in [-0.3, -0.25) is 9.36 Å². The van der Waals surface area contributed by atoms with Crippen LogP contribution in [0.25, 0.3) is 27.6 Å². The van der Waals surface area contributed by atoms with Crippen LogP contribution < -0.4 is 11.0 Å². The fourth-order valence-corrected chi connectivity index (χ4v) is 7.25. The van der Waals surface area contributed by atoms with E-state index in [-0.39, 0.29) is 39.8 Å². The van der Waals surface area contributed by atoms with E-state index in [4.69, 9.17) is 6.57 Å². The molecule has 5 aromatic rings. The molecule has 3 aromatic carbocycles. The first-order valence-electron chi connectivity index (χ1n) is 18.6. The third-order valence-corrected chi connectivity index (χ3v) is 10.8. The number of halogens is 3. The molecule has 1 N–H and O–H groups in total. The minimum atomic E-state index is -4.65. The second-order valence-corrected chi connectivity index (χ2v) is 16.6. The van der Waals surface area contributed by atoms with Crippen molar-refractivity contribution in [3.63, 3.8) is 0 Å². The average Bonchev–Trinajstić information content (AvgIpc) is 3.78. The van der Waals surface area contributed by atoms with E-state index >= 15 is 0 Å². The lowest BCUT2D eigenvalue weighted by atomic mass is 9.85. The Bertz CT molecular complexity index is 2490. The van der Waals surface area contributed by atoms with E-state index in [0.29, 0.717) is 49.3 Å². The van der Waals surface area contributed by atoms with Gasteiger partial charge in [-0.2, -0.15) is 18.3 Å². The van der Waals surface area contributed by atoms with Gasteiger partial charge in [0.25, 0.3) is 0 Å². The van der Waals surface area contributed by atoms with Crippen LogP contribution >= 0.6 is 0 Å². The molecule has 2 aromatic heterocycles. The van der Waals surface area contributed by atoms with E-state index in [1.807, 2.05) is 0 Å². The van der Waals surface area contributed by atoms with E-state index in [9.17, 15) is 40.5 Å². The lowest BCUT2D eigenvalue weighted by Crippen LogP contribution is -2.46. The SMILES string of the molecule is O=S(=O)([O-])c1ccccc1.[C-]#[N+]c1ccc(-n2nccc2-c2c(C)n(-c3cccc(C(F)(F)F)c3)c(=O)n2C(=O)NC2CCC(C(=O)N(C)CC[N+](C)(C)C)CC2)cc1. The monoisotopic (exact) mass is 834 g/mol. The molecule has 0 radical (unpaired) electrons. The summed E-state index contributed by atoms with van der Waals surface area (Å²) in [6.45, 7) is 10.3. The number of nitrogens with zero attached hydrogens (tertiary/aromatic N) is 7. The fourth-order valence-electron chi connectivity index (χ4n) is 6.76. The number of carbonyl (C=O) groups is 2. The number of rotatable bonds is 9. The van der Waals surface area contributed by atoms with Gasteiger partial charge in [0, 0.05) is 19.0 Å². The van der Waals surface area contributed by atoms with Crippen molar-refractivity contribution in [2.24, 2.45) is 5.92 Å². The number of hydrogen-bond acceptors (Lipinski definition) is 7. The largest absolute Gasteiger partial charge is 0.744 e. The third-order valence-electron chi connectivity index (χ3n) is 9.95. The Morgan fingerprint density at radius 1 is 0.966 bits per heavy atom. The van der Waals surface area contributed by atoms with Crippen LogP contribution in [0, 0.1) is 19.4 Å². The first-order valence-corrected chi connectivity index (χ1v) is 20.0. The van der Waals surface area contributed by atoms with Gasteiger partial charge in [-0.1, -0.05) is 36.4 Å². The molecule has 1 aliphatic rings. The summed E-state index contributed by atoms with van der Waals surface area (Å²) in [5.74, 6) is -0.0973. The Kier molecular flexibility index (Phi) is 13.3. The van der Waals surface area contributed by atoms with Crippen LogP contribution in [0.1, 0.15) is 36.9 Å². The van der Waals surface area contributed by atoms with Gasteiger partial charge in [-0.25, -0.2) is 32.1 Å². The van der Waals surface area contributed by atoms with Crippen molar-refractivity contribution in [2.45, 2.75) is 49.7 Å². The number of carbonyl (C=O) groups excluding carboxylic acids is 2. The molecule has 0 unspecified atom stereocenters. The Labute approximate surface area is 340 Å². The minimum Gasteiger partial charge on any atom is -0.744 e.